The Morgan fingerprint density at radius 3 is 1.62 bits per heavy atom. The monoisotopic (exact) mass is 332 g/mol. The van der Waals surface area contributed by atoms with Gasteiger partial charge in [-0.1, -0.05) is 103 Å². The SMILES string of the molecule is O=P(CC/C=C/c1ccccc1)(c1ccccc1)c1ccccc1. The Hall–Kier alpha value is -2.37. The Morgan fingerprint density at radius 1 is 0.667 bits per heavy atom. The standard InChI is InChI=1S/C22H21OP/c23-24(21-15-6-2-7-16-21,22-17-8-3-9-18-22)19-11-10-14-20-12-4-1-5-13-20/h1-10,12-18H,11,19H2/b14-10+. The molecule has 0 bridgehead atoms. The number of allylic oxidation sites excluding steroid dienone is 1. The Balaban J connectivity index is 1.81. The molecule has 0 aliphatic rings. The summed E-state index contributed by atoms with van der Waals surface area (Å²) in [7, 11) is -2.60. The maximum absolute atomic E-state index is 13.8. The van der Waals surface area contributed by atoms with Crippen molar-refractivity contribution in [3.8, 4) is 0 Å². The van der Waals surface area contributed by atoms with Gasteiger partial charge in [0.05, 0.1) is 0 Å². The molecule has 0 saturated heterocycles. The minimum absolute atomic E-state index is 0.643. The van der Waals surface area contributed by atoms with Gasteiger partial charge in [0.15, 0.2) is 0 Å². The third-order valence-corrected chi connectivity index (χ3v) is 7.22. The van der Waals surface area contributed by atoms with E-state index in [2.05, 4.69) is 24.3 Å². The highest BCUT2D eigenvalue weighted by molar-refractivity contribution is 7.78. The minimum Gasteiger partial charge on any atom is -0.314 e. The van der Waals surface area contributed by atoms with Crippen molar-refractivity contribution in [2.45, 2.75) is 6.42 Å². The quantitative estimate of drug-likeness (QED) is 0.574. The molecular formula is C22H21OP. The summed E-state index contributed by atoms with van der Waals surface area (Å²) in [6, 6.07) is 29.9. The van der Waals surface area contributed by atoms with E-state index in [0.717, 1.165) is 17.0 Å². The van der Waals surface area contributed by atoms with Gasteiger partial charge in [-0.15, -0.1) is 0 Å². The fourth-order valence-electron chi connectivity index (χ4n) is 2.78. The van der Waals surface area contributed by atoms with Crippen LogP contribution in [0.3, 0.4) is 0 Å². The van der Waals surface area contributed by atoms with Crippen molar-refractivity contribution >= 4 is 23.8 Å². The minimum atomic E-state index is -2.60. The fraction of sp³-hybridized carbons (Fsp3) is 0.0909. The second-order valence-corrected chi connectivity index (χ2v) is 8.70. The van der Waals surface area contributed by atoms with E-state index >= 15 is 0 Å². The lowest BCUT2D eigenvalue weighted by molar-refractivity contribution is 0.587. The predicted octanol–water partition coefficient (Wildman–Crippen LogP) is 5.10. The van der Waals surface area contributed by atoms with Gasteiger partial charge in [-0.2, -0.15) is 0 Å². The highest BCUT2D eigenvalue weighted by atomic mass is 31.2. The van der Waals surface area contributed by atoms with Crippen LogP contribution in [0.1, 0.15) is 12.0 Å². The second-order valence-electron chi connectivity index (χ2n) is 5.74. The molecule has 0 heterocycles. The first-order chi connectivity index (χ1) is 11.8. The first-order valence-corrected chi connectivity index (χ1v) is 10.1. The molecule has 0 aromatic heterocycles. The van der Waals surface area contributed by atoms with Gasteiger partial charge >= 0.3 is 0 Å². The lowest BCUT2D eigenvalue weighted by Gasteiger charge is -2.18. The molecule has 0 N–H and O–H groups in total. The molecule has 0 amide bonds. The Kier molecular flexibility index (Phi) is 5.46. The summed E-state index contributed by atoms with van der Waals surface area (Å²) in [5.74, 6) is 0. The molecule has 0 spiro atoms. The molecule has 3 aromatic rings. The molecular weight excluding hydrogens is 311 g/mol. The molecule has 0 saturated carbocycles. The van der Waals surface area contributed by atoms with Crippen molar-refractivity contribution < 1.29 is 4.57 Å². The van der Waals surface area contributed by atoms with Crippen LogP contribution < -0.4 is 10.6 Å². The molecule has 0 unspecified atom stereocenters. The van der Waals surface area contributed by atoms with Gasteiger partial charge in [-0.3, -0.25) is 0 Å². The number of rotatable bonds is 6. The van der Waals surface area contributed by atoms with Crippen LogP contribution in [0.4, 0.5) is 0 Å². The summed E-state index contributed by atoms with van der Waals surface area (Å²) >= 11 is 0. The molecule has 0 aliphatic heterocycles. The highest BCUT2D eigenvalue weighted by Crippen LogP contribution is 2.43. The summed E-state index contributed by atoms with van der Waals surface area (Å²) in [5, 5.41) is 1.87. The van der Waals surface area contributed by atoms with Crippen molar-refractivity contribution in [3.05, 3.63) is 103 Å². The van der Waals surface area contributed by atoms with Crippen LogP contribution >= 0.6 is 7.14 Å². The van der Waals surface area contributed by atoms with Gasteiger partial charge in [-0.05, 0) is 12.0 Å². The van der Waals surface area contributed by atoms with Gasteiger partial charge in [0, 0.05) is 16.8 Å². The van der Waals surface area contributed by atoms with E-state index in [0.29, 0.717) is 6.16 Å². The summed E-state index contributed by atoms with van der Waals surface area (Å²) < 4.78 is 13.8. The maximum atomic E-state index is 13.8. The van der Waals surface area contributed by atoms with Crippen LogP contribution in [0, 0.1) is 0 Å². The molecule has 1 nitrogen and oxygen atoms in total. The molecule has 0 fully saturated rings. The second kappa shape index (κ2) is 7.95. The van der Waals surface area contributed by atoms with Gasteiger partial charge in [0.2, 0.25) is 0 Å². The third kappa shape index (κ3) is 3.93. The Bertz CT molecular complexity index is 780. The first kappa shape index (κ1) is 16.5. The fourth-order valence-corrected chi connectivity index (χ4v) is 5.42. The average molecular weight is 332 g/mol. The lowest BCUT2D eigenvalue weighted by Crippen LogP contribution is -2.18. The highest BCUT2D eigenvalue weighted by Gasteiger charge is 2.25. The van der Waals surface area contributed by atoms with E-state index < -0.39 is 7.14 Å². The topological polar surface area (TPSA) is 17.1 Å². The van der Waals surface area contributed by atoms with Crippen molar-refractivity contribution in [3.63, 3.8) is 0 Å². The Labute approximate surface area is 144 Å². The zero-order valence-electron chi connectivity index (χ0n) is 13.6. The van der Waals surface area contributed by atoms with Crippen molar-refractivity contribution in [2.24, 2.45) is 0 Å². The van der Waals surface area contributed by atoms with Crippen LogP contribution in [0.2, 0.25) is 0 Å². The normalized spacial score (nSPS) is 11.7. The van der Waals surface area contributed by atoms with Gasteiger partial charge in [0.25, 0.3) is 0 Å². The van der Waals surface area contributed by atoms with Crippen LogP contribution in [-0.4, -0.2) is 6.16 Å². The summed E-state index contributed by atoms with van der Waals surface area (Å²) in [5.41, 5.74) is 1.17. The van der Waals surface area contributed by atoms with Gasteiger partial charge in [0.1, 0.15) is 7.14 Å². The zero-order chi connectivity index (χ0) is 16.7. The maximum Gasteiger partial charge on any atom is 0.143 e. The average Bonchev–Trinajstić information content (AvgIpc) is 2.67. The van der Waals surface area contributed by atoms with Crippen molar-refractivity contribution in [2.75, 3.05) is 6.16 Å². The van der Waals surface area contributed by atoms with Crippen LogP contribution in [0.15, 0.2) is 97.1 Å². The molecule has 2 heteroatoms. The summed E-state index contributed by atoms with van der Waals surface area (Å²) in [4.78, 5) is 0. The molecule has 3 rings (SSSR count). The summed E-state index contributed by atoms with van der Waals surface area (Å²) in [6.07, 6.45) is 5.65. The van der Waals surface area contributed by atoms with E-state index in [1.165, 1.54) is 5.56 Å². The van der Waals surface area contributed by atoms with Crippen LogP contribution in [0.25, 0.3) is 6.08 Å². The smallest absolute Gasteiger partial charge is 0.143 e. The molecule has 3 aromatic carbocycles. The molecule has 24 heavy (non-hydrogen) atoms. The molecule has 0 atom stereocenters. The van der Waals surface area contributed by atoms with Gasteiger partial charge < -0.3 is 4.57 Å². The number of hydrogen-bond acceptors (Lipinski definition) is 1. The molecule has 0 aliphatic carbocycles. The van der Waals surface area contributed by atoms with Gasteiger partial charge in [-0.25, -0.2) is 0 Å². The van der Waals surface area contributed by atoms with E-state index in [1.807, 2.05) is 78.9 Å². The van der Waals surface area contributed by atoms with Crippen LogP contribution in [-0.2, 0) is 4.57 Å². The number of benzene rings is 3. The predicted molar refractivity (Wildman–Crippen MR) is 105 cm³/mol. The third-order valence-electron chi connectivity index (χ3n) is 4.07. The van der Waals surface area contributed by atoms with Crippen molar-refractivity contribution in [1.29, 1.82) is 0 Å². The van der Waals surface area contributed by atoms with Crippen LogP contribution in [0.5, 0.6) is 0 Å². The summed E-state index contributed by atoms with van der Waals surface area (Å²) in [6.45, 7) is 0. The van der Waals surface area contributed by atoms with E-state index in [4.69, 9.17) is 0 Å². The van der Waals surface area contributed by atoms with Crippen molar-refractivity contribution in [1.82, 2.24) is 0 Å². The zero-order valence-corrected chi connectivity index (χ0v) is 14.5. The largest absolute Gasteiger partial charge is 0.314 e. The number of hydrogen-bond donors (Lipinski definition) is 0. The lowest BCUT2D eigenvalue weighted by atomic mass is 10.2. The van der Waals surface area contributed by atoms with E-state index in [1.54, 1.807) is 0 Å². The molecule has 120 valence electrons. The van der Waals surface area contributed by atoms with E-state index in [-0.39, 0.29) is 0 Å². The molecule has 0 radical (unpaired) electrons. The Morgan fingerprint density at radius 2 is 1.12 bits per heavy atom. The first-order valence-electron chi connectivity index (χ1n) is 8.21. The van der Waals surface area contributed by atoms with E-state index in [9.17, 15) is 4.57 Å².